The zero-order valence-electron chi connectivity index (χ0n) is 9.85. The lowest BCUT2D eigenvalue weighted by atomic mass is 9.87. The molecular weight excluding hydrogens is 206 g/mol. The van der Waals surface area contributed by atoms with Crippen LogP contribution in [0.2, 0.25) is 0 Å². The third-order valence-corrected chi connectivity index (χ3v) is 3.32. The predicted molar refractivity (Wildman–Crippen MR) is 72.9 cm³/mol. The molecule has 0 bridgehead atoms. The third-order valence-electron chi connectivity index (χ3n) is 3.32. The zero-order chi connectivity index (χ0) is 11.7. The standard InChI is InChI=1S/C16H15N/c1-16(14-8-3-2-4-9-14)12-11-13-7-5-6-10-15(13)17-16/h2-12,17H,1H3/t16-/m0/s1. The highest BCUT2D eigenvalue weighted by molar-refractivity contribution is 5.72. The van der Waals surface area contributed by atoms with Gasteiger partial charge in [0.05, 0.1) is 5.54 Å². The SMILES string of the molecule is C[C@@]1(c2ccccc2)C=Cc2ccccc2N1. The minimum absolute atomic E-state index is 0.115. The van der Waals surface area contributed by atoms with Crippen LogP contribution in [-0.2, 0) is 5.54 Å². The number of nitrogens with one attached hydrogen (secondary N) is 1. The summed E-state index contributed by atoms with van der Waals surface area (Å²) in [7, 11) is 0. The molecule has 0 aromatic heterocycles. The molecule has 84 valence electrons. The molecule has 0 radical (unpaired) electrons. The van der Waals surface area contributed by atoms with Crippen molar-refractivity contribution < 1.29 is 0 Å². The molecule has 0 spiro atoms. The van der Waals surface area contributed by atoms with Crippen LogP contribution in [0, 0.1) is 0 Å². The smallest absolute Gasteiger partial charge is 0.0784 e. The van der Waals surface area contributed by atoms with Gasteiger partial charge in [0.25, 0.3) is 0 Å². The Bertz CT molecular complexity index is 557. The van der Waals surface area contributed by atoms with Crippen LogP contribution in [0.1, 0.15) is 18.1 Å². The highest BCUT2D eigenvalue weighted by atomic mass is 15.0. The molecule has 0 unspecified atom stereocenters. The Labute approximate surface area is 102 Å². The van der Waals surface area contributed by atoms with Crippen molar-refractivity contribution in [1.82, 2.24) is 0 Å². The second-order valence-corrected chi connectivity index (χ2v) is 4.61. The highest BCUT2D eigenvalue weighted by Crippen LogP contribution is 2.34. The molecule has 1 nitrogen and oxygen atoms in total. The normalized spacial score (nSPS) is 21.7. The molecule has 0 fully saturated rings. The lowest BCUT2D eigenvalue weighted by Gasteiger charge is -2.33. The van der Waals surface area contributed by atoms with E-state index in [1.54, 1.807) is 0 Å². The summed E-state index contributed by atoms with van der Waals surface area (Å²) < 4.78 is 0. The Morgan fingerprint density at radius 1 is 0.882 bits per heavy atom. The van der Waals surface area contributed by atoms with E-state index in [0.29, 0.717) is 0 Å². The summed E-state index contributed by atoms with van der Waals surface area (Å²) in [6.07, 6.45) is 4.42. The van der Waals surface area contributed by atoms with Crippen LogP contribution in [-0.4, -0.2) is 0 Å². The molecule has 1 heteroatoms. The molecule has 2 aromatic carbocycles. The van der Waals surface area contributed by atoms with E-state index in [1.165, 1.54) is 16.8 Å². The largest absolute Gasteiger partial charge is 0.372 e. The fraction of sp³-hybridized carbons (Fsp3) is 0.125. The van der Waals surface area contributed by atoms with Gasteiger partial charge in [0.1, 0.15) is 0 Å². The predicted octanol–water partition coefficient (Wildman–Crippen LogP) is 4.04. The number of hydrogen-bond donors (Lipinski definition) is 1. The number of para-hydroxylation sites is 1. The van der Waals surface area contributed by atoms with Gasteiger partial charge >= 0.3 is 0 Å². The van der Waals surface area contributed by atoms with E-state index in [4.69, 9.17) is 0 Å². The van der Waals surface area contributed by atoms with Crippen molar-refractivity contribution in [3.05, 3.63) is 71.8 Å². The first-order valence-corrected chi connectivity index (χ1v) is 5.90. The minimum atomic E-state index is -0.115. The Kier molecular flexibility index (Phi) is 2.25. The van der Waals surface area contributed by atoms with Crippen LogP contribution in [0.5, 0.6) is 0 Å². The van der Waals surface area contributed by atoms with Gasteiger partial charge < -0.3 is 5.32 Å². The van der Waals surface area contributed by atoms with E-state index in [9.17, 15) is 0 Å². The molecule has 2 aromatic rings. The molecule has 1 heterocycles. The summed E-state index contributed by atoms with van der Waals surface area (Å²) in [4.78, 5) is 0. The highest BCUT2D eigenvalue weighted by Gasteiger charge is 2.26. The summed E-state index contributed by atoms with van der Waals surface area (Å²) in [5.74, 6) is 0. The van der Waals surface area contributed by atoms with Gasteiger partial charge in [-0.3, -0.25) is 0 Å². The fourth-order valence-corrected chi connectivity index (χ4v) is 2.29. The van der Waals surface area contributed by atoms with E-state index in [-0.39, 0.29) is 5.54 Å². The average molecular weight is 221 g/mol. The number of anilines is 1. The van der Waals surface area contributed by atoms with Gasteiger partial charge in [-0.05, 0) is 24.1 Å². The molecule has 1 N–H and O–H groups in total. The first kappa shape index (κ1) is 10.2. The van der Waals surface area contributed by atoms with Crippen molar-refractivity contribution in [3.8, 4) is 0 Å². The summed E-state index contributed by atoms with van der Waals surface area (Å²) in [5.41, 5.74) is 3.61. The van der Waals surface area contributed by atoms with Gasteiger partial charge in [-0.25, -0.2) is 0 Å². The topological polar surface area (TPSA) is 12.0 Å². The van der Waals surface area contributed by atoms with Crippen LogP contribution in [0.25, 0.3) is 6.08 Å². The van der Waals surface area contributed by atoms with Crippen LogP contribution >= 0.6 is 0 Å². The monoisotopic (exact) mass is 221 g/mol. The summed E-state index contributed by atoms with van der Waals surface area (Å²) >= 11 is 0. The molecule has 17 heavy (non-hydrogen) atoms. The zero-order valence-corrected chi connectivity index (χ0v) is 9.85. The van der Waals surface area contributed by atoms with E-state index in [2.05, 4.69) is 72.9 Å². The molecule has 0 saturated heterocycles. The average Bonchev–Trinajstić information content (AvgIpc) is 2.40. The number of benzene rings is 2. The van der Waals surface area contributed by atoms with E-state index < -0.39 is 0 Å². The molecule has 1 aliphatic heterocycles. The quantitative estimate of drug-likeness (QED) is 0.766. The van der Waals surface area contributed by atoms with Gasteiger partial charge in [0, 0.05) is 5.69 Å². The Hall–Kier alpha value is -2.02. The number of fused-ring (bicyclic) bond motifs is 1. The molecular formula is C16H15N. The molecule has 3 rings (SSSR count). The van der Waals surface area contributed by atoms with E-state index in [0.717, 1.165) is 0 Å². The molecule has 0 aliphatic carbocycles. The van der Waals surface area contributed by atoms with Crippen molar-refractivity contribution in [1.29, 1.82) is 0 Å². The molecule has 0 saturated carbocycles. The van der Waals surface area contributed by atoms with E-state index in [1.807, 2.05) is 6.07 Å². The van der Waals surface area contributed by atoms with Crippen molar-refractivity contribution in [3.63, 3.8) is 0 Å². The van der Waals surface area contributed by atoms with Crippen LogP contribution in [0.15, 0.2) is 60.7 Å². The Balaban J connectivity index is 2.04. The van der Waals surface area contributed by atoms with Crippen molar-refractivity contribution in [2.75, 3.05) is 5.32 Å². The van der Waals surface area contributed by atoms with Gasteiger partial charge in [-0.1, -0.05) is 60.7 Å². The number of rotatable bonds is 1. The first-order valence-electron chi connectivity index (χ1n) is 5.90. The van der Waals surface area contributed by atoms with Crippen LogP contribution < -0.4 is 5.32 Å². The van der Waals surface area contributed by atoms with Crippen molar-refractivity contribution >= 4 is 11.8 Å². The van der Waals surface area contributed by atoms with E-state index >= 15 is 0 Å². The lowest BCUT2D eigenvalue weighted by molar-refractivity contribution is 0.688. The maximum Gasteiger partial charge on any atom is 0.0784 e. The second-order valence-electron chi connectivity index (χ2n) is 4.61. The molecule has 1 atom stereocenters. The summed E-state index contributed by atoms with van der Waals surface area (Å²) in [6.45, 7) is 2.20. The Morgan fingerprint density at radius 2 is 1.59 bits per heavy atom. The van der Waals surface area contributed by atoms with Gasteiger partial charge in [-0.2, -0.15) is 0 Å². The van der Waals surface area contributed by atoms with Crippen molar-refractivity contribution in [2.24, 2.45) is 0 Å². The fourth-order valence-electron chi connectivity index (χ4n) is 2.29. The lowest BCUT2D eigenvalue weighted by Crippen LogP contribution is -2.31. The van der Waals surface area contributed by atoms with Crippen LogP contribution in [0.3, 0.4) is 0 Å². The minimum Gasteiger partial charge on any atom is -0.372 e. The summed E-state index contributed by atoms with van der Waals surface area (Å²) in [6, 6.07) is 18.9. The van der Waals surface area contributed by atoms with Gasteiger partial charge in [0.2, 0.25) is 0 Å². The summed E-state index contributed by atoms with van der Waals surface area (Å²) in [5, 5.41) is 3.60. The maximum absolute atomic E-state index is 3.60. The Morgan fingerprint density at radius 3 is 2.41 bits per heavy atom. The first-order chi connectivity index (χ1) is 8.28. The van der Waals surface area contributed by atoms with Crippen LogP contribution in [0.4, 0.5) is 5.69 Å². The molecule has 0 amide bonds. The maximum atomic E-state index is 3.60. The van der Waals surface area contributed by atoms with Crippen molar-refractivity contribution in [2.45, 2.75) is 12.5 Å². The third kappa shape index (κ3) is 1.74. The number of hydrogen-bond acceptors (Lipinski definition) is 1. The molecule has 1 aliphatic rings. The van der Waals surface area contributed by atoms with Gasteiger partial charge in [-0.15, -0.1) is 0 Å². The second kappa shape index (κ2) is 3.77. The van der Waals surface area contributed by atoms with Gasteiger partial charge in [0.15, 0.2) is 0 Å².